The molecule has 0 atom stereocenters. The normalized spacial score (nSPS) is 14.2. The molecule has 0 aliphatic heterocycles. The quantitative estimate of drug-likeness (QED) is 0.891. The third-order valence-electron chi connectivity index (χ3n) is 2.90. The first-order valence-corrected chi connectivity index (χ1v) is 6.72. The van der Waals surface area contributed by atoms with Gasteiger partial charge in [-0.1, -0.05) is 23.7 Å². The molecule has 98 valence electrons. The topological polar surface area (TPSA) is 49.8 Å². The van der Waals surface area contributed by atoms with Crippen molar-refractivity contribution in [1.82, 2.24) is 9.97 Å². The van der Waals surface area contributed by atoms with Crippen molar-refractivity contribution >= 4 is 29.1 Å². The van der Waals surface area contributed by atoms with Gasteiger partial charge in [-0.25, -0.2) is 4.98 Å². The fraction of sp³-hybridized carbons (Fsp3) is 0.286. The maximum Gasteiger partial charge on any atom is 0.229 e. The Morgan fingerprint density at radius 2 is 2.00 bits per heavy atom. The Bertz CT molecular complexity index is 596. The number of aryl methyl sites for hydroxylation is 1. The molecule has 0 spiro atoms. The van der Waals surface area contributed by atoms with Gasteiger partial charge in [-0.15, -0.1) is 0 Å². The van der Waals surface area contributed by atoms with E-state index in [9.17, 15) is 0 Å². The van der Waals surface area contributed by atoms with Crippen LogP contribution in [0.25, 0.3) is 0 Å². The van der Waals surface area contributed by atoms with Crippen LogP contribution in [0.1, 0.15) is 18.5 Å². The summed E-state index contributed by atoms with van der Waals surface area (Å²) >= 11 is 6.11. The lowest BCUT2D eigenvalue weighted by Gasteiger charge is -2.10. The highest BCUT2D eigenvalue weighted by molar-refractivity contribution is 6.33. The van der Waals surface area contributed by atoms with Gasteiger partial charge in [0.25, 0.3) is 0 Å². The zero-order valence-electron chi connectivity index (χ0n) is 10.7. The molecule has 5 heteroatoms. The van der Waals surface area contributed by atoms with Gasteiger partial charge < -0.3 is 10.6 Å². The number of nitrogens with one attached hydrogen (secondary N) is 2. The van der Waals surface area contributed by atoms with Crippen LogP contribution in [0.3, 0.4) is 0 Å². The molecule has 1 aromatic heterocycles. The Morgan fingerprint density at radius 3 is 2.74 bits per heavy atom. The summed E-state index contributed by atoms with van der Waals surface area (Å²) in [4.78, 5) is 8.84. The maximum atomic E-state index is 6.11. The van der Waals surface area contributed by atoms with E-state index in [1.807, 2.05) is 37.3 Å². The Morgan fingerprint density at radius 1 is 1.21 bits per heavy atom. The van der Waals surface area contributed by atoms with E-state index in [2.05, 4.69) is 20.6 Å². The van der Waals surface area contributed by atoms with E-state index in [4.69, 9.17) is 11.6 Å². The summed E-state index contributed by atoms with van der Waals surface area (Å²) in [5.74, 6) is 1.43. The number of rotatable bonds is 4. The van der Waals surface area contributed by atoms with Crippen LogP contribution in [0.15, 0.2) is 30.3 Å². The molecule has 1 aromatic carbocycles. The summed E-state index contributed by atoms with van der Waals surface area (Å²) in [6.45, 7) is 1.96. The van der Waals surface area contributed by atoms with Gasteiger partial charge in [-0.3, -0.25) is 0 Å². The van der Waals surface area contributed by atoms with Gasteiger partial charge in [0.2, 0.25) is 5.95 Å². The van der Waals surface area contributed by atoms with Crippen molar-refractivity contribution in [2.45, 2.75) is 25.8 Å². The molecule has 3 rings (SSSR count). The smallest absolute Gasteiger partial charge is 0.229 e. The van der Waals surface area contributed by atoms with Crippen LogP contribution >= 0.6 is 11.6 Å². The molecular weight excluding hydrogens is 260 g/mol. The van der Waals surface area contributed by atoms with E-state index < -0.39 is 0 Å². The Kier molecular flexibility index (Phi) is 3.25. The number of benzene rings is 1. The highest BCUT2D eigenvalue weighted by Crippen LogP contribution is 2.26. The van der Waals surface area contributed by atoms with Gasteiger partial charge >= 0.3 is 0 Å². The third kappa shape index (κ3) is 3.15. The van der Waals surface area contributed by atoms with Gasteiger partial charge in [0.05, 0.1) is 10.7 Å². The number of aromatic nitrogens is 2. The second-order valence-electron chi connectivity index (χ2n) is 4.74. The number of hydrogen-bond acceptors (Lipinski definition) is 4. The van der Waals surface area contributed by atoms with Crippen LogP contribution in [0.2, 0.25) is 5.02 Å². The minimum absolute atomic E-state index is 0.566. The van der Waals surface area contributed by atoms with Crippen molar-refractivity contribution in [1.29, 1.82) is 0 Å². The SMILES string of the molecule is Cc1cc(NC2CC2)nc(Nc2ccccc2Cl)n1. The van der Waals surface area contributed by atoms with Crippen LogP contribution in [0.4, 0.5) is 17.5 Å². The fourth-order valence-electron chi connectivity index (χ4n) is 1.82. The molecule has 1 saturated carbocycles. The molecule has 1 aliphatic carbocycles. The van der Waals surface area contributed by atoms with Crippen LogP contribution in [-0.2, 0) is 0 Å². The third-order valence-corrected chi connectivity index (χ3v) is 3.23. The molecule has 4 nitrogen and oxygen atoms in total. The molecular formula is C14H15ClN4. The molecule has 0 radical (unpaired) electrons. The van der Waals surface area contributed by atoms with Crippen molar-refractivity contribution in [3.63, 3.8) is 0 Å². The van der Waals surface area contributed by atoms with Gasteiger partial charge in [-0.05, 0) is 31.9 Å². The Balaban J connectivity index is 1.83. The largest absolute Gasteiger partial charge is 0.367 e. The van der Waals surface area contributed by atoms with Gasteiger partial charge in [0, 0.05) is 17.8 Å². The Labute approximate surface area is 117 Å². The van der Waals surface area contributed by atoms with Crippen LogP contribution < -0.4 is 10.6 Å². The lowest BCUT2D eigenvalue weighted by molar-refractivity contribution is 1.06. The van der Waals surface area contributed by atoms with Crippen molar-refractivity contribution in [2.75, 3.05) is 10.6 Å². The number of para-hydroxylation sites is 1. The highest BCUT2D eigenvalue weighted by Gasteiger charge is 2.21. The Hall–Kier alpha value is -1.81. The first-order chi connectivity index (χ1) is 9.20. The summed E-state index contributed by atoms with van der Waals surface area (Å²) in [6.07, 6.45) is 2.44. The number of nitrogens with zero attached hydrogens (tertiary/aromatic N) is 2. The average molecular weight is 275 g/mol. The minimum Gasteiger partial charge on any atom is -0.367 e. The molecule has 2 aromatic rings. The van der Waals surface area contributed by atoms with Crippen LogP contribution in [-0.4, -0.2) is 16.0 Å². The van der Waals surface area contributed by atoms with Crippen molar-refractivity contribution in [3.05, 3.63) is 41.0 Å². The minimum atomic E-state index is 0.566. The van der Waals surface area contributed by atoms with E-state index >= 15 is 0 Å². The van der Waals surface area contributed by atoms with E-state index in [1.54, 1.807) is 0 Å². The predicted octanol–water partition coefficient (Wildman–Crippen LogP) is 3.76. The highest BCUT2D eigenvalue weighted by atomic mass is 35.5. The van der Waals surface area contributed by atoms with E-state index in [0.29, 0.717) is 17.0 Å². The molecule has 1 fully saturated rings. The maximum absolute atomic E-state index is 6.11. The summed E-state index contributed by atoms with van der Waals surface area (Å²) in [5.41, 5.74) is 1.74. The molecule has 19 heavy (non-hydrogen) atoms. The average Bonchev–Trinajstić information content (AvgIpc) is 3.15. The standard InChI is InChI=1S/C14H15ClN4/c1-9-8-13(17-10-6-7-10)19-14(16-9)18-12-5-3-2-4-11(12)15/h2-5,8,10H,6-7H2,1H3,(H2,16,17,18,19). The van der Waals surface area contributed by atoms with Crippen molar-refractivity contribution in [2.24, 2.45) is 0 Å². The first-order valence-electron chi connectivity index (χ1n) is 6.34. The fourth-order valence-corrected chi connectivity index (χ4v) is 2.00. The first kappa shape index (κ1) is 12.2. The monoisotopic (exact) mass is 274 g/mol. The number of halogens is 1. The summed E-state index contributed by atoms with van der Waals surface area (Å²) in [5, 5.41) is 7.18. The summed E-state index contributed by atoms with van der Waals surface area (Å²) < 4.78 is 0. The van der Waals surface area contributed by atoms with Crippen molar-refractivity contribution in [3.8, 4) is 0 Å². The second kappa shape index (κ2) is 5.05. The predicted molar refractivity (Wildman–Crippen MR) is 78.1 cm³/mol. The van der Waals surface area contributed by atoms with E-state index in [1.165, 1.54) is 12.8 Å². The molecule has 0 bridgehead atoms. The lowest BCUT2D eigenvalue weighted by Crippen LogP contribution is -2.06. The summed E-state index contributed by atoms with van der Waals surface area (Å²) in [7, 11) is 0. The van der Waals surface area contributed by atoms with Gasteiger partial charge in [-0.2, -0.15) is 4.98 Å². The zero-order chi connectivity index (χ0) is 13.2. The van der Waals surface area contributed by atoms with Gasteiger partial charge in [0.15, 0.2) is 0 Å². The van der Waals surface area contributed by atoms with Crippen LogP contribution in [0, 0.1) is 6.92 Å². The molecule has 1 aliphatic rings. The second-order valence-corrected chi connectivity index (χ2v) is 5.15. The lowest BCUT2D eigenvalue weighted by atomic mass is 10.3. The zero-order valence-corrected chi connectivity index (χ0v) is 11.4. The van der Waals surface area contributed by atoms with Crippen LogP contribution in [0.5, 0.6) is 0 Å². The van der Waals surface area contributed by atoms with E-state index in [-0.39, 0.29) is 0 Å². The molecule has 0 amide bonds. The molecule has 0 saturated heterocycles. The molecule has 0 unspecified atom stereocenters. The van der Waals surface area contributed by atoms with Gasteiger partial charge in [0.1, 0.15) is 5.82 Å². The van der Waals surface area contributed by atoms with E-state index in [0.717, 1.165) is 17.2 Å². The number of hydrogen-bond donors (Lipinski definition) is 2. The molecule has 2 N–H and O–H groups in total. The number of anilines is 3. The molecule has 1 heterocycles. The summed E-state index contributed by atoms with van der Waals surface area (Å²) in [6, 6.07) is 10.1. The van der Waals surface area contributed by atoms with Crippen molar-refractivity contribution < 1.29 is 0 Å².